The largest absolute Gasteiger partial charge is 0.480 e. The van der Waals surface area contributed by atoms with Crippen LogP contribution < -0.4 is 0 Å². The van der Waals surface area contributed by atoms with Gasteiger partial charge in [0.1, 0.15) is 6.54 Å². The van der Waals surface area contributed by atoms with E-state index in [4.69, 9.17) is 5.11 Å². The van der Waals surface area contributed by atoms with Crippen molar-refractivity contribution in [3.8, 4) is 0 Å². The Bertz CT molecular complexity index is 743. The Balaban J connectivity index is 1.68. The van der Waals surface area contributed by atoms with E-state index in [9.17, 15) is 9.59 Å². The third-order valence-corrected chi connectivity index (χ3v) is 7.28. The molecule has 1 heterocycles. The predicted molar refractivity (Wildman–Crippen MR) is 108 cm³/mol. The third-order valence-electron chi connectivity index (χ3n) is 4.18. The zero-order valence-corrected chi connectivity index (χ0v) is 16.0. The molecule has 26 heavy (non-hydrogen) atoms. The first-order valence-corrected chi connectivity index (χ1v) is 10.6. The van der Waals surface area contributed by atoms with Crippen LogP contribution in [0.15, 0.2) is 54.6 Å². The van der Waals surface area contributed by atoms with Gasteiger partial charge < -0.3 is 10.0 Å². The smallest absolute Gasteiger partial charge is 0.323 e. The first-order chi connectivity index (χ1) is 12.6. The molecule has 4 nitrogen and oxygen atoms in total. The lowest BCUT2D eigenvalue weighted by atomic mass is 10.1. The van der Waals surface area contributed by atoms with Crippen molar-refractivity contribution in [2.75, 3.05) is 24.6 Å². The Morgan fingerprint density at radius 1 is 1.00 bits per heavy atom. The molecule has 0 atom stereocenters. The van der Waals surface area contributed by atoms with Gasteiger partial charge in [-0.1, -0.05) is 42.5 Å². The van der Waals surface area contributed by atoms with E-state index >= 15 is 0 Å². The molecular weight excluding hydrogens is 366 g/mol. The maximum Gasteiger partial charge on any atom is 0.323 e. The van der Waals surface area contributed by atoms with E-state index in [1.807, 2.05) is 78.1 Å². The van der Waals surface area contributed by atoms with Crippen LogP contribution in [-0.4, -0.2) is 46.5 Å². The number of hydrogen-bond acceptors (Lipinski definition) is 4. The van der Waals surface area contributed by atoms with Crippen LogP contribution in [0.2, 0.25) is 0 Å². The molecule has 0 saturated carbocycles. The summed E-state index contributed by atoms with van der Waals surface area (Å²) < 4.78 is 0.437. The fraction of sp³-hybridized carbons (Fsp3) is 0.300. The van der Waals surface area contributed by atoms with E-state index in [2.05, 4.69) is 0 Å². The molecule has 0 unspecified atom stereocenters. The fourth-order valence-electron chi connectivity index (χ4n) is 2.84. The molecule has 1 amide bonds. The SMILES string of the molecule is O=C(O)CN(CCc1ccccc1)C(=O)c1ccc(C2SCCS2)cc1. The zero-order chi connectivity index (χ0) is 18.4. The van der Waals surface area contributed by atoms with Gasteiger partial charge in [-0.3, -0.25) is 9.59 Å². The lowest BCUT2D eigenvalue weighted by molar-refractivity contribution is -0.137. The van der Waals surface area contributed by atoms with Crippen LogP contribution in [-0.2, 0) is 11.2 Å². The number of carboxylic acid groups (broad SMARTS) is 1. The van der Waals surface area contributed by atoms with E-state index in [-0.39, 0.29) is 12.5 Å². The van der Waals surface area contributed by atoms with Gasteiger partial charge in [0.15, 0.2) is 0 Å². The molecule has 136 valence electrons. The summed E-state index contributed by atoms with van der Waals surface area (Å²) in [5.41, 5.74) is 2.83. The Morgan fingerprint density at radius 3 is 2.27 bits per heavy atom. The first-order valence-electron chi connectivity index (χ1n) is 8.51. The highest BCUT2D eigenvalue weighted by Crippen LogP contribution is 2.45. The Hall–Kier alpha value is -1.92. The van der Waals surface area contributed by atoms with E-state index in [1.165, 1.54) is 10.5 Å². The highest BCUT2D eigenvalue weighted by atomic mass is 32.2. The minimum atomic E-state index is -0.998. The maximum atomic E-state index is 12.8. The van der Waals surface area contributed by atoms with Crippen molar-refractivity contribution < 1.29 is 14.7 Å². The molecule has 2 aromatic carbocycles. The van der Waals surface area contributed by atoms with E-state index in [0.717, 1.165) is 17.1 Å². The summed E-state index contributed by atoms with van der Waals surface area (Å²) in [7, 11) is 0. The molecule has 1 aliphatic heterocycles. The van der Waals surface area contributed by atoms with Crippen LogP contribution in [0.3, 0.4) is 0 Å². The van der Waals surface area contributed by atoms with Gasteiger partial charge in [-0.2, -0.15) is 0 Å². The summed E-state index contributed by atoms with van der Waals surface area (Å²) >= 11 is 3.84. The van der Waals surface area contributed by atoms with E-state index < -0.39 is 5.97 Å². The maximum absolute atomic E-state index is 12.8. The lowest BCUT2D eigenvalue weighted by Gasteiger charge is -2.21. The Morgan fingerprint density at radius 2 is 1.65 bits per heavy atom. The molecule has 0 bridgehead atoms. The quantitative estimate of drug-likeness (QED) is 0.780. The molecule has 2 aromatic rings. The zero-order valence-electron chi connectivity index (χ0n) is 14.3. The Labute approximate surface area is 162 Å². The molecule has 6 heteroatoms. The number of carbonyl (C=O) groups excluding carboxylic acids is 1. The van der Waals surface area contributed by atoms with Gasteiger partial charge in [-0.05, 0) is 29.7 Å². The fourth-order valence-corrected chi connectivity index (χ4v) is 5.70. The monoisotopic (exact) mass is 387 g/mol. The standard InChI is InChI=1S/C20H21NO3S2/c22-18(23)14-21(11-10-15-4-2-1-3-5-15)19(24)16-6-8-17(9-7-16)20-25-12-13-26-20/h1-9,20H,10-14H2,(H,22,23). The molecule has 3 rings (SSSR count). The topological polar surface area (TPSA) is 57.6 Å². The average molecular weight is 388 g/mol. The van der Waals surface area contributed by atoms with Crippen molar-refractivity contribution >= 4 is 35.4 Å². The molecule has 0 aliphatic carbocycles. The molecule has 0 spiro atoms. The molecule has 0 aromatic heterocycles. The molecule has 0 radical (unpaired) electrons. The number of thioether (sulfide) groups is 2. The minimum Gasteiger partial charge on any atom is -0.480 e. The van der Waals surface area contributed by atoms with Crippen molar-refractivity contribution in [1.29, 1.82) is 0 Å². The highest BCUT2D eigenvalue weighted by molar-refractivity contribution is 8.19. The van der Waals surface area contributed by atoms with Crippen LogP contribution in [0.25, 0.3) is 0 Å². The number of carbonyl (C=O) groups is 2. The summed E-state index contributed by atoms with van der Waals surface area (Å²) in [5.74, 6) is 1.08. The summed E-state index contributed by atoms with van der Waals surface area (Å²) in [6.45, 7) is 0.0903. The van der Waals surface area contributed by atoms with Gasteiger partial charge in [-0.25, -0.2) is 0 Å². The molecule has 1 aliphatic rings. The van der Waals surface area contributed by atoms with Crippen molar-refractivity contribution in [2.24, 2.45) is 0 Å². The number of nitrogens with zero attached hydrogens (tertiary/aromatic N) is 1. The van der Waals surface area contributed by atoms with Crippen LogP contribution in [0, 0.1) is 0 Å². The molecule has 1 N–H and O–H groups in total. The molecular formula is C20H21NO3S2. The van der Waals surface area contributed by atoms with Crippen LogP contribution in [0.1, 0.15) is 26.1 Å². The lowest BCUT2D eigenvalue weighted by Crippen LogP contribution is -2.37. The van der Waals surface area contributed by atoms with Gasteiger partial charge in [0.2, 0.25) is 0 Å². The van der Waals surface area contributed by atoms with Crippen molar-refractivity contribution in [1.82, 2.24) is 4.90 Å². The van der Waals surface area contributed by atoms with Gasteiger partial charge in [-0.15, -0.1) is 23.5 Å². The summed E-state index contributed by atoms with van der Waals surface area (Å²) in [6.07, 6.45) is 0.632. The van der Waals surface area contributed by atoms with Gasteiger partial charge in [0.05, 0.1) is 4.58 Å². The van der Waals surface area contributed by atoms with Crippen LogP contribution >= 0.6 is 23.5 Å². The molecule has 1 saturated heterocycles. The highest BCUT2D eigenvalue weighted by Gasteiger charge is 2.21. The van der Waals surface area contributed by atoms with Crippen molar-refractivity contribution in [3.05, 3.63) is 71.3 Å². The number of rotatable bonds is 7. The first kappa shape index (κ1) is 18.9. The number of aliphatic carboxylic acids is 1. The van der Waals surface area contributed by atoms with E-state index in [0.29, 0.717) is 23.1 Å². The van der Waals surface area contributed by atoms with Crippen LogP contribution in [0.4, 0.5) is 0 Å². The van der Waals surface area contributed by atoms with E-state index in [1.54, 1.807) is 0 Å². The third kappa shape index (κ3) is 5.05. The number of benzene rings is 2. The normalized spacial score (nSPS) is 14.3. The van der Waals surface area contributed by atoms with Crippen molar-refractivity contribution in [2.45, 2.75) is 11.0 Å². The second-order valence-electron chi connectivity index (χ2n) is 6.05. The second-order valence-corrected chi connectivity index (χ2v) is 8.78. The minimum absolute atomic E-state index is 0.235. The predicted octanol–water partition coefficient (Wildman–Crippen LogP) is 3.93. The number of carboxylic acids is 1. The summed E-state index contributed by atoms with van der Waals surface area (Å²) in [6, 6.07) is 17.4. The van der Waals surface area contributed by atoms with Gasteiger partial charge in [0.25, 0.3) is 5.91 Å². The molecule has 1 fully saturated rings. The average Bonchev–Trinajstić information content (AvgIpc) is 3.20. The Kier molecular flexibility index (Phi) is 6.63. The number of amides is 1. The van der Waals surface area contributed by atoms with Crippen molar-refractivity contribution in [3.63, 3.8) is 0 Å². The van der Waals surface area contributed by atoms with Crippen LogP contribution in [0.5, 0.6) is 0 Å². The summed E-state index contributed by atoms with van der Waals surface area (Å²) in [5, 5.41) is 9.17. The summed E-state index contributed by atoms with van der Waals surface area (Å²) in [4.78, 5) is 25.4. The van der Waals surface area contributed by atoms with Gasteiger partial charge in [0, 0.05) is 23.6 Å². The number of hydrogen-bond donors (Lipinski definition) is 1. The second kappa shape index (κ2) is 9.14. The van der Waals surface area contributed by atoms with Gasteiger partial charge >= 0.3 is 5.97 Å².